The largest absolute Gasteiger partial charge is 0.452 e. The highest BCUT2D eigenvalue weighted by Gasteiger charge is 2.15. The Balaban J connectivity index is 1.33. The minimum atomic E-state index is -0.144. The lowest BCUT2D eigenvalue weighted by Gasteiger charge is -2.14. The van der Waals surface area contributed by atoms with Gasteiger partial charge in [-0.05, 0) is 56.3 Å². The molecule has 0 aliphatic carbocycles. The number of pyridine rings is 1. The number of hydrogen-bond acceptors (Lipinski definition) is 6. The molecule has 1 aromatic carbocycles. The predicted octanol–water partition coefficient (Wildman–Crippen LogP) is 3.49. The van der Waals surface area contributed by atoms with Crippen LogP contribution < -0.4 is 5.56 Å². The Morgan fingerprint density at radius 1 is 1.00 bits per heavy atom. The first kappa shape index (κ1) is 18.9. The zero-order valence-electron chi connectivity index (χ0n) is 17.5. The second-order valence-electron chi connectivity index (χ2n) is 8.11. The van der Waals surface area contributed by atoms with Crippen molar-refractivity contribution < 1.29 is 4.42 Å². The molecular weight excluding hydrogens is 404 g/mol. The number of benzene rings is 1. The first-order chi connectivity index (χ1) is 15.8. The Morgan fingerprint density at radius 3 is 2.69 bits per heavy atom. The highest BCUT2D eigenvalue weighted by atomic mass is 16.3. The molecule has 0 atom stereocenters. The molecule has 6 rings (SSSR count). The first-order valence-corrected chi connectivity index (χ1v) is 10.9. The summed E-state index contributed by atoms with van der Waals surface area (Å²) >= 11 is 0. The van der Waals surface area contributed by atoms with Gasteiger partial charge in [0.1, 0.15) is 5.58 Å². The van der Waals surface area contributed by atoms with Crippen molar-refractivity contribution in [2.24, 2.45) is 0 Å². The molecule has 160 valence electrons. The van der Waals surface area contributed by atoms with Gasteiger partial charge in [0.05, 0.1) is 23.6 Å². The van der Waals surface area contributed by atoms with E-state index < -0.39 is 0 Å². The Labute approximate surface area is 183 Å². The van der Waals surface area contributed by atoms with Crippen LogP contribution in [0.1, 0.15) is 12.8 Å². The minimum absolute atomic E-state index is 0.144. The van der Waals surface area contributed by atoms with Gasteiger partial charge in [0.2, 0.25) is 0 Å². The molecule has 5 aromatic rings. The molecular formula is C24H22N6O2. The number of nitrogens with zero attached hydrogens (tertiary/aromatic N) is 6. The van der Waals surface area contributed by atoms with Crippen LogP contribution in [-0.4, -0.2) is 48.8 Å². The van der Waals surface area contributed by atoms with Crippen LogP contribution in [0.25, 0.3) is 39.1 Å². The van der Waals surface area contributed by atoms with Gasteiger partial charge in [-0.3, -0.25) is 14.0 Å². The van der Waals surface area contributed by atoms with Gasteiger partial charge >= 0.3 is 0 Å². The minimum Gasteiger partial charge on any atom is -0.452 e. The van der Waals surface area contributed by atoms with Crippen LogP contribution in [0.3, 0.4) is 0 Å². The molecule has 0 unspecified atom stereocenters. The van der Waals surface area contributed by atoms with Crippen LogP contribution in [0.15, 0.2) is 70.4 Å². The smallest absolute Gasteiger partial charge is 0.266 e. The second-order valence-corrected chi connectivity index (χ2v) is 8.11. The van der Waals surface area contributed by atoms with Gasteiger partial charge in [-0.15, -0.1) is 0 Å². The summed E-state index contributed by atoms with van der Waals surface area (Å²) in [6.45, 7) is 4.25. The molecule has 1 aliphatic rings. The molecule has 8 nitrogen and oxygen atoms in total. The highest BCUT2D eigenvalue weighted by Crippen LogP contribution is 2.24. The van der Waals surface area contributed by atoms with Crippen molar-refractivity contribution in [1.29, 1.82) is 0 Å². The molecule has 1 saturated heterocycles. The van der Waals surface area contributed by atoms with Crippen molar-refractivity contribution >= 4 is 21.9 Å². The molecule has 5 heterocycles. The summed E-state index contributed by atoms with van der Waals surface area (Å²) in [6, 6.07) is 11.3. The van der Waals surface area contributed by atoms with Gasteiger partial charge in [0.25, 0.3) is 5.56 Å². The molecule has 32 heavy (non-hydrogen) atoms. The summed E-state index contributed by atoms with van der Waals surface area (Å²) in [5.74, 6) is 0.933. The number of likely N-dealkylation sites (tertiary alicyclic amines) is 1. The third-order valence-corrected chi connectivity index (χ3v) is 6.10. The van der Waals surface area contributed by atoms with Crippen LogP contribution in [0.4, 0.5) is 0 Å². The quantitative estimate of drug-likeness (QED) is 0.428. The Kier molecular flexibility index (Phi) is 4.57. The highest BCUT2D eigenvalue weighted by molar-refractivity contribution is 5.83. The van der Waals surface area contributed by atoms with Gasteiger partial charge in [-0.25, -0.2) is 9.97 Å². The maximum absolute atomic E-state index is 13.2. The van der Waals surface area contributed by atoms with Crippen molar-refractivity contribution in [2.75, 3.05) is 19.6 Å². The van der Waals surface area contributed by atoms with Gasteiger partial charge in [-0.2, -0.15) is 5.10 Å². The normalized spacial score (nSPS) is 14.6. The molecule has 0 N–H and O–H groups in total. The number of hydrogen-bond donors (Lipinski definition) is 0. The lowest BCUT2D eigenvalue weighted by Crippen LogP contribution is -2.24. The van der Waals surface area contributed by atoms with Crippen LogP contribution in [-0.2, 0) is 6.54 Å². The van der Waals surface area contributed by atoms with Crippen molar-refractivity contribution in [1.82, 2.24) is 29.2 Å². The predicted molar refractivity (Wildman–Crippen MR) is 122 cm³/mol. The number of rotatable bonds is 5. The van der Waals surface area contributed by atoms with E-state index in [2.05, 4.69) is 20.0 Å². The average molecular weight is 426 g/mol. The molecule has 0 saturated carbocycles. The molecule has 1 fully saturated rings. The van der Waals surface area contributed by atoms with Crippen molar-refractivity contribution in [3.63, 3.8) is 0 Å². The van der Waals surface area contributed by atoms with Gasteiger partial charge < -0.3 is 9.32 Å². The number of furan rings is 1. The third kappa shape index (κ3) is 3.29. The summed E-state index contributed by atoms with van der Waals surface area (Å²) < 4.78 is 9.49. The fourth-order valence-corrected chi connectivity index (χ4v) is 4.42. The molecule has 0 amide bonds. The monoisotopic (exact) mass is 426 g/mol. The van der Waals surface area contributed by atoms with E-state index in [1.54, 1.807) is 41.4 Å². The van der Waals surface area contributed by atoms with Gasteiger partial charge in [0, 0.05) is 42.3 Å². The maximum Gasteiger partial charge on any atom is 0.266 e. The molecule has 0 bridgehead atoms. The SMILES string of the molecule is O=c1c2cc(-c3ncccn3)oc2ccn1-c1ccc2c(cnn2CCN2CCCC2)c1. The summed E-state index contributed by atoms with van der Waals surface area (Å²) in [6.07, 6.45) is 9.48. The fraction of sp³-hybridized carbons (Fsp3) is 0.250. The van der Waals surface area contributed by atoms with Crippen LogP contribution in [0.2, 0.25) is 0 Å². The Hall–Kier alpha value is -3.78. The average Bonchev–Trinajstić information content (AvgIpc) is 3.58. The van der Waals surface area contributed by atoms with E-state index in [0.717, 1.165) is 29.7 Å². The third-order valence-electron chi connectivity index (χ3n) is 6.10. The number of aromatic nitrogens is 5. The van der Waals surface area contributed by atoms with E-state index in [-0.39, 0.29) is 5.56 Å². The first-order valence-electron chi connectivity index (χ1n) is 10.9. The van der Waals surface area contributed by atoms with E-state index in [9.17, 15) is 4.79 Å². The maximum atomic E-state index is 13.2. The summed E-state index contributed by atoms with van der Waals surface area (Å²) in [7, 11) is 0. The van der Waals surface area contributed by atoms with Crippen LogP contribution in [0.5, 0.6) is 0 Å². The number of fused-ring (bicyclic) bond motifs is 2. The Bertz CT molecular complexity index is 1460. The summed E-state index contributed by atoms with van der Waals surface area (Å²) in [5, 5.41) is 6.09. The lowest BCUT2D eigenvalue weighted by molar-refractivity contribution is 0.318. The van der Waals surface area contributed by atoms with E-state index in [1.165, 1.54) is 25.9 Å². The van der Waals surface area contributed by atoms with E-state index >= 15 is 0 Å². The molecule has 8 heteroatoms. The topological polar surface area (TPSA) is 82.0 Å². The standard InChI is InChI=1S/C24H22N6O2/c31-24-19-15-22(23-25-7-3-8-26-23)32-21(19)6-11-29(24)18-4-5-20-17(14-18)16-27-30(20)13-12-28-9-1-2-10-28/h3-8,11,14-16H,1-2,9-10,12-13H2. The molecule has 0 radical (unpaired) electrons. The second kappa shape index (κ2) is 7.72. The van der Waals surface area contributed by atoms with Crippen molar-refractivity contribution in [3.05, 3.63) is 71.5 Å². The van der Waals surface area contributed by atoms with Crippen molar-refractivity contribution in [2.45, 2.75) is 19.4 Å². The zero-order valence-corrected chi connectivity index (χ0v) is 17.5. The Morgan fingerprint density at radius 2 is 1.84 bits per heavy atom. The van der Waals surface area contributed by atoms with Gasteiger partial charge in [0.15, 0.2) is 11.6 Å². The molecule has 4 aromatic heterocycles. The lowest BCUT2D eigenvalue weighted by atomic mass is 10.2. The summed E-state index contributed by atoms with van der Waals surface area (Å²) in [4.78, 5) is 24.1. The van der Waals surface area contributed by atoms with E-state index in [1.807, 2.05) is 29.1 Å². The fourth-order valence-electron chi connectivity index (χ4n) is 4.42. The van der Waals surface area contributed by atoms with Crippen molar-refractivity contribution in [3.8, 4) is 17.3 Å². The molecule has 1 aliphatic heterocycles. The van der Waals surface area contributed by atoms with E-state index in [4.69, 9.17) is 4.42 Å². The van der Waals surface area contributed by atoms with E-state index in [0.29, 0.717) is 22.6 Å². The summed E-state index contributed by atoms with van der Waals surface area (Å²) in [5.41, 5.74) is 2.25. The molecule has 0 spiro atoms. The van der Waals surface area contributed by atoms with Crippen LogP contribution >= 0.6 is 0 Å². The van der Waals surface area contributed by atoms with Crippen LogP contribution in [0, 0.1) is 0 Å². The van der Waals surface area contributed by atoms with Gasteiger partial charge in [-0.1, -0.05) is 0 Å². The zero-order chi connectivity index (χ0) is 21.5.